The summed E-state index contributed by atoms with van der Waals surface area (Å²) in [5.74, 6) is -12.7. The molecule has 2 heterocycles. The molecular formula is C37H39ClF5N5O7. The predicted molar refractivity (Wildman–Crippen MR) is 188 cm³/mol. The third-order valence-corrected chi connectivity index (χ3v) is 8.85. The van der Waals surface area contributed by atoms with Gasteiger partial charge in [-0.3, -0.25) is 29.0 Å². The highest BCUT2D eigenvalue weighted by atomic mass is 35.5. The number of Topliss-reactive ketones (excluding diaryl/α,β-unsaturated/α-hetero) is 1. The number of ketones is 1. The molecule has 18 heteroatoms. The highest BCUT2D eigenvalue weighted by molar-refractivity contribution is 6.30. The van der Waals surface area contributed by atoms with Crippen molar-refractivity contribution in [2.75, 3.05) is 20.2 Å². The number of aromatic nitrogens is 1. The Morgan fingerprint density at radius 2 is 1.65 bits per heavy atom. The second-order valence-corrected chi connectivity index (χ2v) is 13.5. The second kappa shape index (κ2) is 18.4. The average Bonchev–Trinajstić information content (AvgIpc) is 3.58. The first kappa shape index (κ1) is 42.6. The van der Waals surface area contributed by atoms with Crippen molar-refractivity contribution in [3.63, 3.8) is 0 Å². The Bertz CT molecular complexity index is 1830. The van der Waals surface area contributed by atoms with Crippen LogP contribution in [0.5, 0.6) is 5.75 Å². The summed E-state index contributed by atoms with van der Waals surface area (Å²) in [6, 6.07) is 13.1. The van der Waals surface area contributed by atoms with E-state index in [-0.39, 0.29) is 31.7 Å². The number of amides is 4. The van der Waals surface area contributed by atoms with Gasteiger partial charge in [0.15, 0.2) is 0 Å². The number of alkyl halides is 5. The highest BCUT2D eigenvalue weighted by Gasteiger charge is 2.53. The summed E-state index contributed by atoms with van der Waals surface area (Å²) in [7, 11) is 1.50. The summed E-state index contributed by atoms with van der Waals surface area (Å²) < 4.78 is 79.1. The topological polar surface area (TPSA) is 156 Å². The number of methoxy groups -OCH3 is 1. The lowest BCUT2D eigenvalue weighted by Gasteiger charge is -2.31. The Kier molecular flexibility index (Phi) is 14.3. The van der Waals surface area contributed by atoms with Gasteiger partial charge in [-0.1, -0.05) is 55.8 Å². The maximum Gasteiger partial charge on any atom is 0.405 e. The molecule has 0 spiro atoms. The smallest absolute Gasteiger partial charge is 0.405 e. The summed E-state index contributed by atoms with van der Waals surface area (Å²) in [4.78, 5) is 71.9. The molecule has 3 N–H and O–H groups in total. The number of hydrogen-bond acceptors (Lipinski definition) is 8. The number of nitrogens with one attached hydrogen (secondary N) is 3. The molecule has 1 aromatic heterocycles. The molecule has 55 heavy (non-hydrogen) atoms. The van der Waals surface area contributed by atoms with E-state index in [1.165, 1.54) is 33.2 Å². The van der Waals surface area contributed by atoms with Crippen LogP contribution < -0.4 is 20.7 Å². The molecule has 0 bridgehead atoms. The molecule has 1 aliphatic rings. The molecule has 0 aliphatic carbocycles. The van der Waals surface area contributed by atoms with E-state index in [9.17, 15) is 45.9 Å². The quantitative estimate of drug-likeness (QED) is 0.143. The van der Waals surface area contributed by atoms with Gasteiger partial charge in [-0.2, -0.15) is 22.0 Å². The lowest BCUT2D eigenvalue weighted by molar-refractivity contribution is -0.165. The number of ether oxygens (including phenoxy) is 2. The van der Waals surface area contributed by atoms with Gasteiger partial charge in [0.1, 0.15) is 30.1 Å². The van der Waals surface area contributed by atoms with Crippen LogP contribution in [-0.4, -0.2) is 95.8 Å². The van der Waals surface area contributed by atoms with Gasteiger partial charge in [0.25, 0.3) is 11.8 Å². The molecule has 1 aliphatic heterocycles. The molecule has 3 aromatic rings. The summed E-state index contributed by atoms with van der Waals surface area (Å²) in [6.07, 6.45) is -4.76. The van der Waals surface area contributed by atoms with Crippen molar-refractivity contribution < 1.29 is 55.4 Å². The molecule has 12 nitrogen and oxygen atoms in total. The molecule has 1 fully saturated rings. The van der Waals surface area contributed by atoms with E-state index in [0.29, 0.717) is 21.9 Å². The summed E-state index contributed by atoms with van der Waals surface area (Å²) >= 11 is 6.19. The fourth-order valence-electron chi connectivity index (χ4n) is 5.76. The second-order valence-electron chi connectivity index (χ2n) is 13.1. The molecule has 0 saturated carbocycles. The summed E-state index contributed by atoms with van der Waals surface area (Å²) in [6.45, 7) is 0.254. The van der Waals surface area contributed by atoms with E-state index >= 15 is 0 Å². The van der Waals surface area contributed by atoms with Gasteiger partial charge >= 0.3 is 12.1 Å². The Labute approximate surface area is 318 Å². The van der Waals surface area contributed by atoms with Gasteiger partial charge in [-0.25, -0.2) is 0 Å². The normalized spacial score (nSPS) is 16.9. The van der Waals surface area contributed by atoms with Crippen LogP contribution in [0.3, 0.4) is 0 Å². The van der Waals surface area contributed by atoms with Crippen molar-refractivity contribution in [1.29, 1.82) is 0 Å². The minimum absolute atomic E-state index is 0.0127. The van der Waals surface area contributed by atoms with Crippen molar-refractivity contribution in [3.8, 4) is 5.75 Å². The van der Waals surface area contributed by atoms with Crippen LogP contribution in [0.15, 0.2) is 72.9 Å². The van der Waals surface area contributed by atoms with E-state index in [2.05, 4.69) is 15.6 Å². The number of pyridine rings is 1. The first-order valence-electron chi connectivity index (χ1n) is 17.0. The Morgan fingerprint density at radius 1 is 0.945 bits per heavy atom. The standard InChI is InChI=1S/C37H39ClF5N5O7/c1-21(2)30(31(49)37(42,43)35(53)45-20-36(39,40)41)47-33(51)29-17-26(55-19-22-10-12-25(54-3)13-11-22)18-48(29)34(52)28(16-23-7-6-8-24(38)15-23)46-32(50)27-9-4-5-14-44-27/h4-15,21,26,28-30H,16-20H2,1-3H3,(H,45,53)(H,46,50)(H,47,51)/t26-,28+,29+,30+/m1/s1. The van der Waals surface area contributed by atoms with Crippen LogP contribution in [-0.2, 0) is 36.9 Å². The largest absolute Gasteiger partial charge is 0.497 e. The minimum Gasteiger partial charge on any atom is -0.497 e. The van der Waals surface area contributed by atoms with E-state index < -0.39 is 78.2 Å². The molecular weight excluding hydrogens is 757 g/mol. The van der Waals surface area contributed by atoms with Crippen LogP contribution >= 0.6 is 11.6 Å². The average molecular weight is 796 g/mol. The maximum atomic E-state index is 15.0. The number of carbonyl (C=O) groups is 5. The van der Waals surface area contributed by atoms with Gasteiger partial charge in [-0.15, -0.1) is 0 Å². The number of likely N-dealkylation sites (tertiary alicyclic amines) is 1. The van der Waals surface area contributed by atoms with Crippen LogP contribution in [0, 0.1) is 5.92 Å². The number of halogens is 6. The zero-order valence-corrected chi connectivity index (χ0v) is 30.6. The molecule has 1 saturated heterocycles. The predicted octanol–water partition coefficient (Wildman–Crippen LogP) is 4.29. The van der Waals surface area contributed by atoms with Gasteiger partial charge < -0.3 is 30.3 Å². The van der Waals surface area contributed by atoms with E-state index in [0.717, 1.165) is 10.2 Å². The lowest BCUT2D eigenvalue weighted by Crippen LogP contribution is -2.60. The molecule has 4 atom stereocenters. The molecule has 2 aromatic carbocycles. The Hall–Kier alpha value is -5.16. The number of benzene rings is 2. The van der Waals surface area contributed by atoms with Crippen molar-refractivity contribution in [2.24, 2.45) is 5.92 Å². The number of rotatable bonds is 16. The lowest BCUT2D eigenvalue weighted by atomic mass is 9.94. The van der Waals surface area contributed by atoms with Crippen LogP contribution in [0.1, 0.15) is 41.9 Å². The Balaban J connectivity index is 1.63. The molecule has 0 radical (unpaired) electrons. The van der Waals surface area contributed by atoms with Gasteiger partial charge in [-0.05, 0) is 53.4 Å². The monoisotopic (exact) mass is 795 g/mol. The van der Waals surface area contributed by atoms with Gasteiger partial charge in [0.05, 0.1) is 25.9 Å². The third-order valence-electron chi connectivity index (χ3n) is 8.61. The highest BCUT2D eigenvalue weighted by Crippen LogP contribution is 2.27. The SMILES string of the molecule is COc1ccc(CO[C@@H]2C[C@@H](C(=O)N[C@H](C(=O)C(F)(F)C(=O)NCC(F)(F)F)C(C)C)N(C(=O)[C@H](Cc3cccc(Cl)c3)NC(=O)c3ccccn3)C2)cc1. The molecule has 296 valence electrons. The van der Waals surface area contributed by atoms with Crippen molar-refractivity contribution >= 4 is 41.0 Å². The molecule has 4 amide bonds. The van der Waals surface area contributed by atoms with Crippen molar-refractivity contribution in [2.45, 2.75) is 69.6 Å². The van der Waals surface area contributed by atoms with Crippen LogP contribution in [0.25, 0.3) is 0 Å². The number of nitrogens with zero attached hydrogens (tertiary/aromatic N) is 2. The number of carbonyl (C=O) groups excluding carboxylic acids is 5. The maximum absolute atomic E-state index is 15.0. The first-order valence-corrected chi connectivity index (χ1v) is 17.4. The fourth-order valence-corrected chi connectivity index (χ4v) is 5.97. The van der Waals surface area contributed by atoms with Crippen LogP contribution in [0.4, 0.5) is 22.0 Å². The minimum atomic E-state index is -5.04. The number of hydrogen-bond donors (Lipinski definition) is 3. The fraction of sp³-hybridized carbons (Fsp3) is 0.405. The first-order chi connectivity index (χ1) is 25.9. The zero-order valence-electron chi connectivity index (χ0n) is 29.9. The summed E-state index contributed by atoms with van der Waals surface area (Å²) in [5, 5.41) is 6.20. The molecule has 0 unspecified atom stereocenters. The molecule has 4 rings (SSSR count). The summed E-state index contributed by atoms with van der Waals surface area (Å²) in [5.41, 5.74) is 1.24. The van der Waals surface area contributed by atoms with Crippen LogP contribution in [0.2, 0.25) is 5.02 Å². The van der Waals surface area contributed by atoms with Gasteiger partial charge in [0, 0.05) is 30.6 Å². The van der Waals surface area contributed by atoms with E-state index in [1.807, 2.05) is 0 Å². The van der Waals surface area contributed by atoms with Gasteiger partial charge in [0.2, 0.25) is 17.6 Å². The van der Waals surface area contributed by atoms with E-state index in [1.54, 1.807) is 60.7 Å². The van der Waals surface area contributed by atoms with E-state index in [4.69, 9.17) is 21.1 Å². The Morgan fingerprint density at radius 3 is 2.25 bits per heavy atom. The zero-order chi connectivity index (χ0) is 40.5. The van der Waals surface area contributed by atoms with Crippen molar-refractivity contribution in [1.82, 2.24) is 25.8 Å². The van der Waals surface area contributed by atoms with Crippen molar-refractivity contribution in [3.05, 3.63) is 94.8 Å². The third kappa shape index (κ3) is 11.7.